The van der Waals surface area contributed by atoms with Gasteiger partial charge in [-0.2, -0.15) is 0 Å². The van der Waals surface area contributed by atoms with E-state index in [1.807, 2.05) is 20.8 Å². The molecule has 0 aromatic rings. The normalized spacial score (nSPS) is 13.4. The van der Waals surface area contributed by atoms with Crippen molar-refractivity contribution in [3.05, 3.63) is 0 Å². The zero-order valence-electron chi connectivity index (χ0n) is 10.3. The summed E-state index contributed by atoms with van der Waals surface area (Å²) >= 11 is 0. The molecule has 0 saturated heterocycles. The van der Waals surface area contributed by atoms with Crippen molar-refractivity contribution in [2.75, 3.05) is 6.54 Å². The lowest BCUT2D eigenvalue weighted by Crippen LogP contribution is -2.35. The minimum Gasteiger partial charge on any atom is -0.444 e. The van der Waals surface area contributed by atoms with Gasteiger partial charge in [0.2, 0.25) is 0 Å². The SMILES string of the molecule is CCCC(N)CCNC(=O)OC(C)(C)C. The van der Waals surface area contributed by atoms with Gasteiger partial charge in [-0.15, -0.1) is 0 Å². The van der Waals surface area contributed by atoms with Gasteiger partial charge in [0.1, 0.15) is 5.60 Å². The Bertz CT molecular complexity index is 188. The predicted molar refractivity (Wildman–Crippen MR) is 61.7 cm³/mol. The van der Waals surface area contributed by atoms with Gasteiger partial charge in [-0.3, -0.25) is 0 Å². The van der Waals surface area contributed by atoms with E-state index in [9.17, 15) is 4.79 Å². The number of carbonyl (C=O) groups excluding carboxylic acids is 1. The minimum absolute atomic E-state index is 0.171. The zero-order valence-corrected chi connectivity index (χ0v) is 10.3. The van der Waals surface area contributed by atoms with Crippen molar-refractivity contribution in [3.63, 3.8) is 0 Å². The van der Waals surface area contributed by atoms with Crippen LogP contribution >= 0.6 is 0 Å². The summed E-state index contributed by atoms with van der Waals surface area (Å²) in [5.74, 6) is 0. The smallest absolute Gasteiger partial charge is 0.407 e. The van der Waals surface area contributed by atoms with Crippen LogP contribution in [0.5, 0.6) is 0 Å². The fraction of sp³-hybridized carbons (Fsp3) is 0.909. The zero-order chi connectivity index (χ0) is 11.9. The summed E-state index contributed by atoms with van der Waals surface area (Å²) < 4.78 is 5.09. The van der Waals surface area contributed by atoms with E-state index in [1.165, 1.54) is 0 Å². The van der Waals surface area contributed by atoms with Crippen LogP contribution < -0.4 is 11.1 Å². The molecule has 15 heavy (non-hydrogen) atoms. The molecular weight excluding hydrogens is 192 g/mol. The number of hydrogen-bond donors (Lipinski definition) is 2. The first-order chi connectivity index (χ1) is 6.85. The third-order valence-electron chi connectivity index (χ3n) is 1.84. The molecule has 0 heterocycles. The minimum atomic E-state index is -0.435. The number of carbonyl (C=O) groups is 1. The molecule has 0 saturated carbocycles. The van der Waals surface area contributed by atoms with Crippen molar-refractivity contribution in [2.45, 2.75) is 58.6 Å². The average molecular weight is 216 g/mol. The van der Waals surface area contributed by atoms with Gasteiger partial charge in [0.05, 0.1) is 0 Å². The largest absolute Gasteiger partial charge is 0.444 e. The van der Waals surface area contributed by atoms with E-state index in [2.05, 4.69) is 12.2 Å². The van der Waals surface area contributed by atoms with Gasteiger partial charge in [-0.05, 0) is 33.6 Å². The molecule has 3 N–H and O–H groups in total. The highest BCUT2D eigenvalue weighted by atomic mass is 16.6. The Kier molecular flexibility index (Phi) is 6.32. The molecule has 0 aliphatic carbocycles. The van der Waals surface area contributed by atoms with E-state index >= 15 is 0 Å². The number of nitrogens with two attached hydrogens (primary N) is 1. The second kappa shape index (κ2) is 6.67. The van der Waals surface area contributed by atoms with Crippen LogP contribution in [0.3, 0.4) is 0 Å². The number of alkyl carbamates (subject to hydrolysis) is 1. The van der Waals surface area contributed by atoms with Crippen molar-refractivity contribution in [3.8, 4) is 0 Å². The Labute approximate surface area is 92.6 Å². The van der Waals surface area contributed by atoms with Gasteiger partial charge in [-0.1, -0.05) is 13.3 Å². The number of rotatable bonds is 5. The van der Waals surface area contributed by atoms with E-state index in [0.717, 1.165) is 19.3 Å². The van der Waals surface area contributed by atoms with E-state index in [-0.39, 0.29) is 12.1 Å². The Morgan fingerprint density at radius 1 is 1.40 bits per heavy atom. The van der Waals surface area contributed by atoms with Crippen LogP contribution in [0.4, 0.5) is 4.79 Å². The Hall–Kier alpha value is -0.770. The van der Waals surface area contributed by atoms with Crippen LogP contribution in [0.2, 0.25) is 0 Å². The first kappa shape index (κ1) is 14.2. The summed E-state index contributed by atoms with van der Waals surface area (Å²) in [6, 6.07) is 0.171. The second-order valence-corrected chi connectivity index (χ2v) is 4.77. The number of hydrogen-bond acceptors (Lipinski definition) is 3. The lowest BCUT2D eigenvalue weighted by atomic mass is 10.1. The Balaban J connectivity index is 3.55. The van der Waals surface area contributed by atoms with Crippen molar-refractivity contribution in [1.29, 1.82) is 0 Å². The third kappa shape index (κ3) is 9.53. The monoisotopic (exact) mass is 216 g/mol. The number of ether oxygens (including phenoxy) is 1. The maximum absolute atomic E-state index is 11.2. The molecule has 1 atom stereocenters. The molecule has 0 radical (unpaired) electrons. The van der Waals surface area contributed by atoms with E-state index in [4.69, 9.17) is 10.5 Å². The first-order valence-corrected chi connectivity index (χ1v) is 5.57. The lowest BCUT2D eigenvalue weighted by molar-refractivity contribution is 0.0526. The fourth-order valence-electron chi connectivity index (χ4n) is 1.19. The summed E-state index contributed by atoms with van der Waals surface area (Å²) in [7, 11) is 0. The maximum Gasteiger partial charge on any atom is 0.407 e. The molecule has 0 aliphatic heterocycles. The summed E-state index contributed by atoms with van der Waals surface area (Å²) in [4.78, 5) is 11.2. The molecule has 4 heteroatoms. The number of nitrogens with one attached hydrogen (secondary N) is 1. The first-order valence-electron chi connectivity index (χ1n) is 5.57. The molecule has 0 fully saturated rings. The Morgan fingerprint density at radius 2 is 2.00 bits per heavy atom. The maximum atomic E-state index is 11.2. The van der Waals surface area contributed by atoms with Crippen molar-refractivity contribution in [1.82, 2.24) is 5.32 Å². The molecule has 1 unspecified atom stereocenters. The molecule has 4 nitrogen and oxygen atoms in total. The topological polar surface area (TPSA) is 64.3 Å². The summed E-state index contributed by atoms with van der Waals surface area (Å²) in [6.07, 6.45) is 2.50. The predicted octanol–water partition coefficient (Wildman–Crippen LogP) is 2.03. The van der Waals surface area contributed by atoms with E-state index in [0.29, 0.717) is 6.54 Å². The van der Waals surface area contributed by atoms with Crippen LogP contribution in [0.15, 0.2) is 0 Å². The van der Waals surface area contributed by atoms with Gasteiger partial charge in [0, 0.05) is 12.6 Å². The van der Waals surface area contributed by atoms with Gasteiger partial charge < -0.3 is 15.8 Å². The molecule has 0 aliphatic rings. The van der Waals surface area contributed by atoms with Crippen LogP contribution in [-0.2, 0) is 4.74 Å². The highest BCUT2D eigenvalue weighted by Crippen LogP contribution is 2.06. The van der Waals surface area contributed by atoms with Crippen molar-refractivity contribution >= 4 is 6.09 Å². The lowest BCUT2D eigenvalue weighted by Gasteiger charge is -2.20. The summed E-state index contributed by atoms with van der Waals surface area (Å²) in [5, 5.41) is 2.69. The Morgan fingerprint density at radius 3 is 2.47 bits per heavy atom. The van der Waals surface area contributed by atoms with Gasteiger partial charge >= 0.3 is 6.09 Å². The van der Waals surface area contributed by atoms with Crippen molar-refractivity contribution in [2.24, 2.45) is 5.73 Å². The highest BCUT2D eigenvalue weighted by Gasteiger charge is 2.15. The van der Waals surface area contributed by atoms with Crippen LogP contribution in [-0.4, -0.2) is 24.3 Å². The van der Waals surface area contributed by atoms with Crippen LogP contribution in [0.1, 0.15) is 47.0 Å². The molecule has 1 amide bonds. The molecule has 0 aromatic carbocycles. The van der Waals surface area contributed by atoms with Gasteiger partial charge in [0.15, 0.2) is 0 Å². The van der Waals surface area contributed by atoms with Crippen LogP contribution in [0.25, 0.3) is 0 Å². The molecular formula is C11H24N2O2. The molecule has 0 rings (SSSR count). The third-order valence-corrected chi connectivity index (χ3v) is 1.84. The average Bonchev–Trinajstić information content (AvgIpc) is 2.00. The van der Waals surface area contributed by atoms with Crippen molar-refractivity contribution < 1.29 is 9.53 Å². The molecule has 0 spiro atoms. The molecule has 0 bridgehead atoms. The van der Waals surface area contributed by atoms with E-state index < -0.39 is 5.60 Å². The molecule has 90 valence electrons. The summed E-state index contributed by atoms with van der Waals surface area (Å²) in [5.41, 5.74) is 5.37. The highest BCUT2D eigenvalue weighted by molar-refractivity contribution is 5.67. The standard InChI is InChI=1S/C11H24N2O2/c1-5-6-9(12)7-8-13-10(14)15-11(2,3)4/h9H,5-8,12H2,1-4H3,(H,13,14). The van der Waals surface area contributed by atoms with E-state index in [1.54, 1.807) is 0 Å². The number of amides is 1. The fourth-order valence-corrected chi connectivity index (χ4v) is 1.19. The quantitative estimate of drug-likeness (QED) is 0.739. The van der Waals surface area contributed by atoms with Crippen LogP contribution in [0, 0.1) is 0 Å². The molecule has 0 aromatic heterocycles. The second-order valence-electron chi connectivity index (χ2n) is 4.77. The summed E-state index contributed by atoms with van der Waals surface area (Å²) in [6.45, 7) is 8.21. The van der Waals surface area contributed by atoms with Gasteiger partial charge in [-0.25, -0.2) is 4.79 Å². The van der Waals surface area contributed by atoms with Gasteiger partial charge in [0.25, 0.3) is 0 Å².